The monoisotopic (exact) mass is 329 g/mol. The fraction of sp³-hybridized carbons (Fsp3) is 0.611. The van der Waals surface area contributed by atoms with Gasteiger partial charge in [-0.3, -0.25) is 14.8 Å². The summed E-state index contributed by atoms with van der Waals surface area (Å²) in [5.74, 6) is 2.11. The van der Waals surface area contributed by atoms with Crippen LogP contribution < -0.4 is 0 Å². The molecule has 0 aliphatic carbocycles. The first-order chi connectivity index (χ1) is 11.7. The molecule has 6 heteroatoms. The summed E-state index contributed by atoms with van der Waals surface area (Å²) in [6.07, 6.45) is 6.95. The van der Waals surface area contributed by atoms with E-state index in [1.54, 1.807) is 0 Å². The molecule has 1 aliphatic rings. The fourth-order valence-corrected chi connectivity index (χ4v) is 3.67. The smallest absolute Gasteiger partial charge is 0.240 e. The molecule has 0 radical (unpaired) electrons. The second-order valence-electron chi connectivity index (χ2n) is 6.81. The minimum absolute atomic E-state index is 0.430. The van der Waals surface area contributed by atoms with Crippen molar-refractivity contribution in [2.45, 2.75) is 38.8 Å². The maximum absolute atomic E-state index is 5.36. The Bertz CT molecular complexity index is 629. The lowest BCUT2D eigenvalue weighted by Crippen LogP contribution is -2.30. The van der Waals surface area contributed by atoms with Crippen molar-refractivity contribution in [2.24, 2.45) is 5.92 Å². The van der Waals surface area contributed by atoms with Gasteiger partial charge in [0, 0.05) is 31.4 Å². The largest absolute Gasteiger partial charge is 0.338 e. The average molecular weight is 329 g/mol. The minimum Gasteiger partial charge on any atom is -0.338 e. The SMILES string of the molecule is CCCc1noc(CN(C)C[C@@H]2CCN(C)[C@H]2c2cccnc2)n1. The predicted octanol–water partition coefficient (Wildman–Crippen LogP) is 2.54. The van der Waals surface area contributed by atoms with E-state index in [-0.39, 0.29) is 0 Å². The number of aryl methyl sites for hydroxylation is 1. The molecule has 0 N–H and O–H groups in total. The normalized spacial score (nSPS) is 21.7. The Hall–Kier alpha value is -1.79. The summed E-state index contributed by atoms with van der Waals surface area (Å²) in [7, 11) is 4.33. The number of pyridine rings is 1. The Kier molecular flexibility index (Phi) is 5.58. The lowest BCUT2D eigenvalue weighted by Gasteiger charge is -2.28. The molecule has 3 heterocycles. The Labute approximate surface area is 143 Å². The van der Waals surface area contributed by atoms with Gasteiger partial charge >= 0.3 is 0 Å². The summed E-state index contributed by atoms with van der Waals surface area (Å²) in [4.78, 5) is 13.5. The summed E-state index contributed by atoms with van der Waals surface area (Å²) < 4.78 is 5.36. The molecule has 3 rings (SSSR count). The first-order valence-electron chi connectivity index (χ1n) is 8.77. The molecule has 130 valence electrons. The summed E-state index contributed by atoms with van der Waals surface area (Å²) in [6, 6.07) is 4.64. The fourth-order valence-electron chi connectivity index (χ4n) is 3.67. The standard InChI is InChI=1S/C18H27N5O/c1-4-6-16-20-17(24-21-16)13-22(2)12-15-8-10-23(3)18(15)14-7-5-9-19-11-14/h5,7,9,11,15,18H,4,6,8,10,12-13H2,1-3H3/t15-,18-/m0/s1. The van der Waals surface area contributed by atoms with Crippen molar-refractivity contribution in [1.29, 1.82) is 0 Å². The molecule has 1 fully saturated rings. The van der Waals surface area contributed by atoms with Crippen LogP contribution in [0.2, 0.25) is 0 Å². The number of aromatic nitrogens is 3. The lowest BCUT2D eigenvalue weighted by atomic mass is 9.94. The van der Waals surface area contributed by atoms with Crippen LogP contribution in [0.3, 0.4) is 0 Å². The van der Waals surface area contributed by atoms with Crippen molar-refractivity contribution < 1.29 is 4.52 Å². The van der Waals surface area contributed by atoms with E-state index in [9.17, 15) is 0 Å². The first-order valence-corrected chi connectivity index (χ1v) is 8.77. The Balaban J connectivity index is 1.61. The van der Waals surface area contributed by atoms with E-state index in [0.29, 0.717) is 24.4 Å². The molecule has 1 saturated heterocycles. The van der Waals surface area contributed by atoms with E-state index < -0.39 is 0 Å². The molecule has 24 heavy (non-hydrogen) atoms. The van der Waals surface area contributed by atoms with Crippen molar-refractivity contribution in [3.05, 3.63) is 41.8 Å². The number of nitrogens with zero attached hydrogens (tertiary/aromatic N) is 5. The molecule has 0 spiro atoms. The second-order valence-corrected chi connectivity index (χ2v) is 6.81. The van der Waals surface area contributed by atoms with E-state index in [1.165, 1.54) is 12.0 Å². The average Bonchev–Trinajstić information content (AvgIpc) is 3.15. The third-order valence-corrected chi connectivity index (χ3v) is 4.74. The summed E-state index contributed by atoms with van der Waals surface area (Å²) in [5, 5.41) is 4.04. The zero-order valence-corrected chi connectivity index (χ0v) is 14.9. The molecule has 1 aliphatic heterocycles. The van der Waals surface area contributed by atoms with E-state index in [4.69, 9.17) is 4.52 Å². The van der Waals surface area contributed by atoms with Gasteiger partial charge in [-0.2, -0.15) is 4.98 Å². The highest BCUT2D eigenvalue weighted by Crippen LogP contribution is 2.36. The first kappa shape index (κ1) is 17.0. The van der Waals surface area contributed by atoms with E-state index in [0.717, 1.165) is 31.8 Å². The van der Waals surface area contributed by atoms with Crippen LogP contribution in [0.25, 0.3) is 0 Å². The predicted molar refractivity (Wildman–Crippen MR) is 92.3 cm³/mol. The number of hydrogen-bond donors (Lipinski definition) is 0. The quantitative estimate of drug-likeness (QED) is 0.778. The van der Waals surface area contributed by atoms with Gasteiger partial charge in [0.2, 0.25) is 5.89 Å². The van der Waals surface area contributed by atoms with Crippen LogP contribution in [0.15, 0.2) is 29.0 Å². The molecule has 6 nitrogen and oxygen atoms in total. The highest BCUT2D eigenvalue weighted by atomic mass is 16.5. The number of hydrogen-bond acceptors (Lipinski definition) is 6. The van der Waals surface area contributed by atoms with Gasteiger partial charge in [0.15, 0.2) is 5.82 Å². The Morgan fingerprint density at radius 2 is 2.29 bits per heavy atom. The lowest BCUT2D eigenvalue weighted by molar-refractivity contribution is 0.197. The summed E-state index contributed by atoms with van der Waals surface area (Å²) >= 11 is 0. The molecule has 0 aromatic carbocycles. The van der Waals surface area contributed by atoms with Crippen molar-refractivity contribution >= 4 is 0 Å². The Morgan fingerprint density at radius 3 is 3.04 bits per heavy atom. The molecular weight excluding hydrogens is 302 g/mol. The molecular formula is C18H27N5O. The zero-order valence-electron chi connectivity index (χ0n) is 14.9. The van der Waals surface area contributed by atoms with Gasteiger partial charge in [0.1, 0.15) is 0 Å². The van der Waals surface area contributed by atoms with Gasteiger partial charge in [0.25, 0.3) is 0 Å². The van der Waals surface area contributed by atoms with E-state index in [2.05, 4.69) is 52.0 Å². The maximum Gasteiger partial charge on any atom is 0.240 e. The van der Waals surface area contributed by atoms with Crippen molar-refractivity contribution in [1.82, 2.24) is 24.9 Å². The van der Waals surface area contributed by atoms with E-state index in [1.807, 2.05) is 18.5 Å². The highest BCUT2D eigenvalue weighted by molar-refractivity contribution is 5.17. The third-order valence-electron chi connectivity index (χ3n) is 4.74. The van der Waals surface area contributed by atoms with Crippen LogP contribution in [-0.2, 0) is 13.0 Å². The van der Waals surface area contributed by atoms with Gasteiger partial charge in [-0.05, 0) is 51.0 Å². The van der Waals surface area contributed by atoms with Crippen LogP contribution in [0, 0.1) is 5.92 Å². The van der Waals surface area contributed by atoms with Gasteiger partial charge in [-0.15, -0.1) is 0 Å². The number of rotatable bonds is 7. The van der Waals surface area contributed by atoms with Gasteiger partial charge < -0.3 is 4.52 Å². The third kappa shape index (κ3) is 3.99. The van der Waals surface area contributed by atoms with Crippen molar-refractivity contribution in [2.75, 3.05) is 27.2 Å². The minimum atomic E-state index is 0.430. The number of likely N-dealkylation sites (tertiary alicyclic amines) is 1. The highest BCUT2D eigenvalue weighted by Gasteiger charge is 2.33. The summed E-state index contributed by atoms with van der Waals surface area (Å²) in [5.41, 5.74) is 1.30. The molecule has 0 bridgehead atoms. The molecule has 0 amide bonds. The van der Waals surface area contributed by atoms with Crippen LogP contribution in [-0.4, -0.2) is 52.1 Å². The molecule has 2 atom stereocenters. The van der Waals surface area contributed by atoms with Gasteiger partial charge in [-0.25, -0.2) is 0 Å². The van der Waals surface area contributed by atoms with Gasteiger partial charge in [-0.1, -0.05) is 18.1 Å². The van der Waals surface area contributed by atoms with Crippen LogP contribution in [0.4, 0.5) is 0 Å². The maximum atomic E-state index is 5.36. The topological polar surface area (TPSA) is 58.3 Å². The van der Waals surface area contributed by atoms with E-state index >= 15 is 0 Å². The van der Waals surface area contributed by atoms with Crippen LogP contribution in [0.5, 0.6) is 0 Å². The van der Waals surface area contributed by atoms with Gasteiger partial charge in [0.05, 0.1) is 6.54 Å². The Morgan fingerprint density at radius 1 is 1.42 bits per heavy atom. The molecule has 2 aromatic heterocycles. The molecule has 0 saturated carbocycles. The van der Waals surface area contributed by atoms with Crippen molar-refractivity contribution in [3.63, 3.8) is 0 Å². The van der Waals surface area contributed by atoms with Crippen LogP contribution >= 0.6 is 0 Å². The zero-order chi connectivity index (χ0) is 16.9. The van der Waals surface area contributed by atoms with Crippen LogP contribution in [0.1, 0.15) is 43.1 Å². The van der Waals surface area contributed by atoms with Crippen molar-refractivity contribution in [3.8, 4) is 0 Å². The molecule has 0 unspecified atom stereocenters. The summed E-state index contributed by atoms with van der Waals surface area (Å²) in [6.45, 7) is 4.96. The second kappa shape index (κ2) is 7.85. The molecule has 2 aromatic rings.